The molecule has 0 fully saturated rings. The van der Waals surface area contributed by atoms with Gasteiger partial charge in [-0.1, -0.05) is 13.8 Å². The molecule has 0 atom stereocenters. The summed E-state index contributed by atoms with van der Waals surface area (Å²) in [6.07, 6.45) is 3.44. The summed E-state index contributed by atoms with van der Waals surface area (Å²) >= 11 is 0. The van der Waals surface area contributed by atoms with Crippen molar-refractivity contribution in [3.05, 3.63) is 30.1 Å². The van der Waals surface area contributed by atoms with Crippen molar-refractivity contribution in [1.82, 2.24) is 0 Å². The van der Waals surface area contributed by atoms with Gasteiger partial charge < -0.3 is 0 Å². The van der Waals surface area contributed by atoms with Crippen LogP contribution in [0.15, 0.2) is 24.5 Å². The molecule has 0 aliphatic heterocycles. The second-order valence-corrected chi connectivity index (χ2v) is 1.53. The van der Waals surface area contributed by atoms with Crippen molar-refractivity contribution in [2.45, 2.75) is 20.8 Å². The van der Waals surface area contributed by atoms with E-state index in [0.717, 1.165) is 5.56 Å². The third-order valence-corrected chi connectivity index (χ3v) is 0.809. The quantitative estimate of drug-likeness (QED) is 0.503. The van der Waals surface area contributed by atoms with Crippen LogP contribution in [0.1, 0.15) is 19.4 Å². The predicted octanol–water partition coefficient (Wildman–Crippen LogP) is 1.84. The minimum Gasteiger partial charge on any atom is -0.218 e. The summed E-state index contributed by atoms with van der Waals surface area (Å²) in [7, 11) is 0. The van der Waals surface area contributed by atoms with Gasteiger partial charge in [-0.3, -0.25) is 0 Å². The molecule has 9 heavy (non-hydrogen) atoms. The summed E-state index contributed by atoms with van der Waals surface area (Å²) < 4.78 is 7.05. The second-order valence-electron chi connectivity index (χ2n) is 1.53. The Balaban J connectivity index is 0.000000371. The fraction of sp³-hybridized carbons (Fsp3) is 0.375. The van der Waals surface area contributed by atoms with E-state index in [4.69, 9.17) is 1.41 Å². The number of aromatic amines is 1. The van der Waals surface area contributed by atoms with Crippen molar-refractivity contribution in [3.63, 3.8) is 0 Å². The van der Waals surface area contributed by atoms with E-state index >= 15 is 0 Å². The zero-order chi connectivity index (χ0) is 7.98. The van der Waals surface area contributed by atoms with Crippen LogP contribution in [0.3, 0.4) is 0 Å². The van der Waals surface area contributed by atoms with Gasteiger partial charge in [-0.25, -0.2) is 4.98 Å². The van der Waals surface area contributed by atoms with Gasteiger partial charge in [0.15, 0.2) is 12.4 Å². The van der Waals surface area contributed by atoms with Gasteiger partial charge in [-0.05, 0) is 13.0 Å². The topological polar surface area (TPSA) is 14.1 Å². The molecule has 0 saturated carbocycles. The average Bonchev–Trinajstić information content (AvgIpc) is 1.91. The van der Waals surface area contributed by atoms with Crippen LogP contribution >= 0.6 is 0 Å². The highest BCUT2D eigenvalue weighted by molar-refractivity contribution is 5.00. The molecular formula is C8H14N+. The number of hydrogen-bond donors (Lipinski definition) is 0. The first-order valence-corrected chi connectivity index (χ1v) is 3.26. The third kappa shape index (κ3) is 3.71. The van der Waals surface area contributed by atoms with Crippen molar-refractivity contribution in [2.24, 2.45) is 0 Å². The van der Waals surface area contributed by atoms with Crippen molar-refractivity contribution < 1.29 is 6.39 Å². The molecule has 1 aromatic heterocycles. The van der Waals surface area contributed by atoms with Crippen LogP contribution in [0, 0.1) is 6.92 Å². The molecule has 1 aromatic rings. The van der Waals surface area contributed by atoms with E-state index in [0.29, 0.717) is 0 Å². The van der Waals surface area contributed by atoms with Gasteiger partial charge in [0, 0.05) is 11.6 Å². The van der Waals surface area contributed by atoms with E-state index in [2.05, 4.69) is 0 Å². The van der Waals surface area contributed by atoms with E-state index in [1.807, 2.05) is 32.9 Å². The fourth-order valence-corrected chi connectivity index (χ4v) is 0.448. The van der Waals surface area contributed by atoms with Crippen LogP contribution in [0.4, 0.5) is 0 Å². The monoisotopic (exact) mass is 126 g/mol. The zero-order valence-corrected chi connectivity index (χ0v) is 6.26. The van der Waals surface area contributed by atoms with E-state index in [9.17, 15) is 0 Å². The average molecular weight is 126 g/mol. The van der Waals surface area contributed by atoms with Crippen LogP contribution < -0.4 is 4.98 Å². The summed E-state index contributed by atoms with van der Waals surface area (Å²) in [4.78, 5) is 1.29. The molecule has 0 bridgehead atoms. The van der Waals surface area contributed by atoms with Gasteiger partial charge in [0.1, 0.15) is 0 Å². The predicted molar refractivity (Wildman–Crippen MR) is 39.1 cm³/mol. The number of pyridine rings is 1. The maximum atomic E-state index is 7.05. The number of rotatable bonds is 0. The SMILES string of the molecule is CC.[3H][n+]1cccc(C)c1. The third-order valence-electron chi connectivity index (χ3n) is 0.809. The smallest absolute Gasteiger partial charge is 0.218 e. The van der Waals surface area contributed by atoms with Crippen LogP contribution in [-0.4, -0.2) is 0 Å². The Kier molecular flexibility index (Phi) is 3.69. The molecule has 0 unspecified atom stereocenters. The van der Waals surface area contributed by atoms with Crippen LogP contribution in [0.25, 0.3) is 0 Å². The Morgan fingerprint density at radius 3 is 2.56 bits per heavy atom. The Morgan fingerprint density at radius 2 is 2.22 bits per heavy atom. The summed E-state index contributed by atoms with van der Waals surface area (Å²) in [6.45, 7) is 5.96. The fourth-order valence-electron chi connectivity index (χ4n) is 0.448. The number of aryl methyl sites for hydroxylation is 1. The van der Waals surface area contributed by atoms with Crippen molar-refractivity contribution in [2.75, 3.05) is 0 Å². The van der Waals surface area contributed by atoms with Gasteiger partial charge in [-0.2, -0.15) is 0 Å². The van der Waals surface area contributed by atoms with Gasteiger partial charge >= 0.3 is 1.41 Å². The van der Waals surface area contributed by atoms with Crippen molar-refractivity contribution in [3.8, 4) is 0 Å². The summed E-state index contributed by atoms with van der Waals surface area (Å²) in [6, 6.07) is 3.81. The minimum absolute atomic E-state index is 1.11. The number of nitrogens with one attached hydrogen (secondary N) is 1. The molecule has 0 saturated heterocycles. The summed E-state index contributed by atoms with van der Waals surface area (Å²) in [5.41, 5.74) is 1.11. The Morgan fingerprint density at radius 1 is 1.56 bits per heavy atom. The Hall–Kier alpha value is -0.850. The molecule has 1 nitrogen and oxygen atoms in total. The highest BCUT2D eigenvalue weighted by Crippen LogP contribution is 1.84. The lowest BCUT2D eigenvalue weighted by atomic mass is 10.3. The second kappa shape index (κ2) is 5.29. The van der Waals surface area contributed by atoms with Gasteiger partial charge in [0.05, 0.1) is 0 Å². The van der Waals surface area contributed by atoms with Gasteiger partial charge in [0.2, 0.25) is 0 Å². The number of hydrogen-bond acceptors (Lipinski definition) is 0. The lowest BCUT2D eigenvalue weighted by Crippen LogP contribution is -1.97. The molecular weight excluding hydrogens is 110 g/mol. The first-order valence-electron chi connectivity index (χ1n) is 3.71. The molecule has 50 valence electrons. The van der Waals surface area contributed by atoms with Crippen LogP contribution in [0.5, 0.6) is 0 Å². The van der Waals surface area contributed by atoms with Crippen molar-refractivity contribution in [1.29, 1.82) is 0 Å². The van der Waals surface area contributed by atoms with Gasteiger partial charge in [0.25, 0.3) is 0 Å². The van der Waals surface area contributed by atoms with E-state index in [1.54, 1.807) is 12.4 Å². The molecule has 0 radical (unpaired) electrons. The molecule has 0 aromatic carbocycles. The standard InChI is InChI=1S/C6H7N.C2H6/c1-6-3-2-4-7-5-6;1-2/h2-5H,1H3;1-2H3/p+1/i/hT. The normalized spacial score (nSPS) is 9.00. The molecule has 1 rings (SSSR count). The first kappa shape index (κ1) is 6.27. The highest BCUT2D eigenvalue weighted by Gasteiger charge is 1.79. The highest BCUT2D eigenvalue weighted by atomic mass is 14.6. The molecule has 0 amide bonds. The molecule has 0 aliphatic carbocycles. The number of aromatic nitrogens is 1. The van der Waals surface area contributed by atoms with Crippen LogP contribution in [-0.2, 0) is 0 Å². The molecule has 0 aliphatic rings. The maximum Gasteiger partial charge on any atom is 0.453 e. The largest absolute Gasteiger partial charge is 0.453 e. The van der Waals surface area contributed by atoms with Crippen molar-refractivity contribution >= 4 is 0 Å². The van der Waals surface area contributed by atoms with E-state index in [-0.39, 0.29) is 0 Å². The van der Waals surface area contributed by atoms with E-state index in [1.165, 1.54) is 4.98 Å². The maximum absolute atomic E-state index is 7.05. The lowest BCUT2D eigenvalue weighted by Gasteiger charge is -1.76. The zero-order valence-electron chi connectivity index (χ0n) is 7.26. The molecule has 1 N–H and O–H groups in total. The Bertz CT molecular complexity index is 169. The molecule has 1 heterocycles. The summed E-state index contributed by atoms with van der Waals surface area (Å²) in [5.74, 6) is 0. The van der Waals surface area contributed by atoms with E-state index < -0.39 is 0 Å². The molecule has 1 heteroatoms. The van der Waals surface area contributed by atoms with Gasteiger partial charge in [-0.15, -0.1) is 0 Å². The minimum atomic E-state index is 1.11. The lowest BCUT2D eigenvalue weighted by molar-refractivity contribution is -0.378. The van der Waals surface area contributed by atoms with Crippen LogP contribution in [0.2, 0.25) is 1.41 Å². The summed E-state index contributed by atoms with van der Waals surface area (Å²) in [5, 5.41) is 0. The number of H-pyrrole nitrogens is 1. The molecule has 0 spiro atoms. The Labute approximate surface area is 58.2 Å². The first-order chi connectivity index (χ1) is 4.79.